The van der Waals surface area contributed by atoms with E-state index in [1.54, 1.807) is 24.3 Å². The van der Waals surface area contributed by atoms with Gasteiger partial charge in [-0.05, 0) is 32.0 Å². The van der Waals surface area contributed by atoms with Gasteiger partial charge in [0.05, 0.1) is 18.2 Å². The molecule has 1 aromatic rings. The first kappa shape index (κ1) is 14.5. The monoisotopic (exact) mass is 272 g/mol. The van der Waals surface area contributed by atoms with E-state index in [4.69, 9.17) is 5.26 Å². The summed E-state index contributed by atoms with van der Waals surface area (Å²) < 4.78 is 0. The highest BCUT2D eigenvalue weighted by atomic mass is 16.2. The molecule has 106 valence electrons. The summed E-state index contributed by atoms with van der Waals surface area (Å²) in [7, 11) is 0. The number of anilines is 1. The van der Waals surface area contributed by atoms with Crippen LogP contribution in [0.25, 0.3) is 0 Å². The predicted octanol–water partition coefficient (Wildman–Crippen LogP) is 1.18. The first-order valence-electron chi connectivity index (χ1n) is 6.77. The molecule has 0 aromatic heterocycles. The molecule has 1 aliphatic rings. The maximum absolute atomic E-state index is 12.1. The van der Waals surface area contributed by atoms with Crippen molar-refractivity contribution in [1.29, 1.82) is 5.26 Å². The highest BCUT2D eigenvalue weighted by molar-refractivity contribution is 5.92. The predicted molar refractivity (Wildman–Crippen MR) is 78.3 cm³/mol. The van der Waals surface area contributed by atoms with Crippen LogP contribution in [0.15, 0.2) is 24.3 Å². The van der Waals surface area contributed by atoms with Crippen LogP contribution in [0.3, 0.4) is 0 Å². The van der Waals surface area contributed by atoms with Gasteiger partial charge in [0.2, 0.25) is 5.91 Å². The molecule has 5 nitrogen and oxygen atoms in total. The van der Waals surface area contributed by atoms with Gasteiger partial charge < -0.3 is 10.6 Å². The van der Waals surface area contributed by atoms with Gasteiger partial charge in [-0.3, -0.25) is 9.69 Å². The Morgan fingerprint density at radius 2 is 2.35 bits per heavy atom. The SMILES string of the molecule is CC1(C)CNCCN1CC(=O)Nc1cccc(C#N)c1. The number of carbonyl (C=O) groups is 1. The van der Waals surface area contributed by atoms with Crippen molar-refractivity contribution in [2.24, 2.45) is 0 Å². The van der Waals surface area contributed by atoms with Crippen LogP contribution in [0.2, 0.25) is 0 Å². The number of benzene rings is 1. The number of carbonyl (C=O) groups excluding carboxylic acids is 1. The van der Waals surface area contributed by atoms with Gasteiger partial charge in [0.25, 0.3) is 0 Å². The van der Waals surface area contributed by atoms with Crippen molar-refractivity contribution < 1.29 is 4.79 Å². The maximum Gasteiger partial charge on any atom is 0.238 e. The molecule has 0 unspecified atom stereocenters. The third-order valence-electron chi connectivity index (χ3n) is 3.58. The van der Waals surface area contributed by atoms with E-state index >= 15 is 0 Å². The first-order chi connectivity index (χ1) is 9.51. The number of nitriles is 1. The topological polar surface area (TPSA) is 68.2 Å². The van der Waals surface area contributed by atoms with Crippen molar-refractivity contribution in [1.82, 2.24) is 10.2 Å². The quantitative estimate of drug-likeness (QED) is 0.867. The van der Waals surface area contributed by atoms with Crippen molar-refractivity contribution in [2.75, 3.05) is 31.5 Å². The Balaban J connectivity index is 1.96. The number of rotatable bonds is 3. The van der Waals surface area contributed by atoms with Crippen molar-refractivity contribution in [3.05, 3.63) is 29.8 Å². The van der Waals surface area contributed by atoms with E-state index < -0.39 is 0 Å². The molecule has 2 rings (SSSR count). The summed E-state index contributed by atoms with van der Waals surface area (Å²) in [6.07, 6.45) is 0. The summed E-state index contributed by atoms with van der Waals surface area (Å²) in [5.41, 5.74) is 1.19. The van der Waals surface area contributed by atoms with Gasteiger partial charge in [-0.25, -0.2) is 0 Å². The van der Waals surface area contributed by atoms with Crippen LogP contribution < -0.4 is 10.6 Å². The average Bonchev–Trinajstić information content (AvgIpc) is 2.41. The Kier molecular flexibility index (Phi) is 4.38. The number of nitrogens with one attached hydrogen (secondary N) is 2. The molecule has 0 aliphatic carbocycles. The molecule has 2 N–H and O–H groups in total. The molecule has 1 amide bonds. The van der Waals surface area contributed by atoms with Crippen LogP contribution in [0, 0.1) is 11.3 Å². The molecule has 1 fully saturated rings. The van der Waals surface area contributed by atoms with Crippen LogP contribution in [0.4, 0.5) is 5.69 Å². The lowest BCUT2D eigenvalue weighted by atomic mass is 10.0. The maximum atomic E-state index is 12.1. The summed E-state index contributed by atoms with van der Waals surface area (Å²) in [4.78, 5) is 14.3. The molecule has 20 heavy (non-hydrogen) atoms. The van der Waals surface area contributed by atoms with Crippen molar-refractivity contribution in [3.63, 3.8) is 0 Å². The van der Waals surface area contributed by atoms with Crippen LogP contribution >= 0.6 is 0 Å². The second kappa shape index (κ2) is 6.04. The van der Waals surface area contributed by atoms with Crippen LogP contribution in [-0.2, 0) is 4.79 Å². The number of hydrogen-bond donors (Lipinski definition) is 2. The lowest BCUT2D eigenvalue weighted by molar-refractivity contribution is -0.119. The van der Waals surface area contributed by atoms with Crippen molar-refractivity contribution >= 4 is 11.6 Å². The molecular weight excluding hydrogens is 252 g/mol. The zero-order valence-electron chi connectivity index (χ0n) is 11.9. The van der Waals surface area contributed by atoms with Crippen LogP contribution in [0.5, 0.6) is 0 Å². The van der Waals surface area contributed by atoms with E-state index in [2.05, 4.69) is 35.5 Å². The van der Waals surface area contributed by atoms with Crippen LogP contribution in [0.1, 0.15) is 19.4 Å². The van der Waals surface area contributed by atoms with Gasteiger partial charge in [-0.2, -0.15) is 5.26 Å². The molecule has 1 heterocycles. The zero-order valence-corrected chi connectivity index (χ0v) is 11.9. The summed E-state index contributed by atoms with van der Waals surface area (Å²) in [5, 5.41) is 15.0. The lowest BCUT2D eigenvalue weighted by Crippen LogP contribution is -2.59. The molecule has 1 aliphatic heterocycles. The molecule has 0 radical (unpaired) electrons. The molecule has 0 bridgehead atoms. The number of hydrogen-bond acceptors (Lipinski definition) is 4. The number of piperazine rings is 1. The third kappa shape index (κ3) is 3.56. The van der Waals surface area contributed by atoms with Crippen molar-refractivity contribution in [2.45, 2.75) is 19.4 Å². The Morgan fingerprint density at radius 3 is 3.05 bits per heavy atom. The van der Waals surface area contributed by atoms with Crippen LogP contribution in [-0.4, -0.2) is 42.5 Å². The van der Waals surface area contributed by atoms with E-state index in [1.165, 1.54) is 0 Å². The van der Waals surface area contributed by atoms with E-state index in [-0.39, 0.29) is 11.4 Å². The van der Waals surface area contributed by atoms with E-state index in [0.29, 0.717) is 17.8 Å². The summed E-state index contributed by atoms with van der Waals surface area (Å²) in [6.45, 7) is 7.26. The molecular formula is C15H20N4O. The van der Waals surface area contributed by atoms with Gasteiger partial charge >= 0.3 is 0 Å². The van der Waals surface area contributed by atoms with Gasteiger partial charge in [0.1, 0.15) is 0 Å². The minimum atomic E-state index is -0.0462. The summed E-state index contributed by atoms with van der Waals surface area (Å²) in [6, 6.07) is 9.02. The van der Waals surface area contributed by atoms with Gasteiger partial charge in [-0.1, -0.05) is 6.07 Å². The second-order valence-electron chi connectivity index (χ2n) is 5.65. The zero-order chi connectivity index (χ0) is 14.6. The number of nitrogens with zero attached hydrogens (tertiary/aromatic N) is 2. The smallest absolute Gasteiger partial charge is 0.238 e. The van der Waals surface area contributed by atoms with E-state index in [0.717, 1.165) is 19.6 Å². The second-order valence-corrected chi connectivity index (χ2v) is 5.65. The van der Waals surface area contributed by atoms with E-state index in [9.17, 15) is 4.79 Å². The molecule has 0 atom stereocenters. The normalized spacial score (nSPS) is 18.2. The summed E-state index contributed by atoms with van der Waals surface area (Å²) >= 11 is 0. The fourth-order valence-corrected chi connectivity index (χ4v) is 2.36. The standard InChI is InChI=1S/C15H20N4O/c1-15(2)11-17-6-7-19(15)10-14(20)18-13-5-3-4-12(8-13)9-16/h3-5,8,17H,6-7,10-11H2,1-2H3,(H,18,20). The fraction of sp³-hybridized carbons (Fsp3) is 0.467. The minimum absolute atomic E-state index is 0.0237. The van der Waals surface area contributed by atoms with Crippen molar-refractivity contribution in [3.8, 4) is 6.07 Å². The fourth-order valence-electron chi connectivity index (χ4n) is 2.36. The minimum Gasteiger partial charge on any atom is -0.325 e. The lowest BCUT2D eigenvalue weighted by Gasteiger charge is -2.42. The molecule has 1 aromatic carbocycles. The van der Waals surface area contributed by atoms with Gasteiger partial charge in [-0.15, -0.1) is 0 Å². The number of amides is 1. The molecule has 0 saturated carbocycles. The largest absolute Gasteiger partial charge is 0.325 e. The third-order valence-corrected chi connectivity index (χ3v) is 3.58. The Labute approximate surface area is 119 Å². The molecule has 1 saturated heterocycles. The highest BCUT2D eigenvalue weighted by Crippen LogP contribution is 2.16. The van der Waals surface area contributed by atoms with Gasteiger partial charge in [0.15, 0.2) is 0 Å². The Morgan fingerprint density at radius 1 is 1.55 bits per heavy atom. The first-order valence-corrected chi connectivity index (χ1v) is 6.77. The Hall–Kier alpha value is -1.90. The Bertz CT molecular complexity index is 533. The molecule has 5 heteroatoms. The summed E-state index contributed by atoms with van der Waals surface area (Å²) in [5.74, 6) is -0.0462. The molecule has 0 spiro atoms. The van der Waals surface area contributed by atoms with Gasteiger partial charge in [0, 0.05) is 30.9 Å². The average molecular weight is 272 g/mol. The highest BCUT2D eigenvalue weighted by Gasteiger charge is 2.30. The van der Waals surface area contributed by atoms with E-state index in [1.807, 2.05) is 0 Å².